The van der Waals surface area contributed by atoms with Gasteiger partial charge in [-0.1, -0.05) is 72.1 Å². The second-order valence-corrected chi connectivity index (χ2v) is 11.6. The molecule has 0 aliphatic rings. The third kappa shape index (κ3) is 7.23. The average Bonchev–Trinajstić information content (AvgIpc) is 2.99. The third-order valence-corrected chi connectivity index (χ3v) is 8.18. The van der Waals surface area contributed by atoms with Crippen molar-refractivity contribution in [2.24, 2.45) is 0 Å². The van der Waals surface area contributed by atoms with Crippen LogP contribution in [0.5, 0.6) is 0 Å². The molecule has 0 aliphatic heterocycles. The van der Waals surface area contributed by atoms with Gasteiger partial charge in [-0.3, -0.25) is 9.59 Å². The van der Waals surface area contributed by atoms with E-state index in [0.29, 0.717) is 37.6 Å². The van der Waals surface area contributed by atoms with Gasteiger partial charge in [-0.05, 0) is 82.4 Å². The van der Waals surface area contributed by atoms with Crippen molar-refractivity contribution in [2.75, 3.05) is 0 Å². The van der Waals surface area contributed by atoms with Gasteiger partial charge in [0, 0.05) is 15.4 Å². The molecule has 0 saturated heterocycles. The molecule has 0 spiro atoms. The van der Waals surface area contributed by atoms with E-state index in [1.165, 1.54) is 30.3 Å². The van der Waals surface area contributed by atoms with E-state index in [1.54, 1.807) is 60.7 Å². The number of thioether (sulfide) groups is 2. The van der Waals surface area contributed by atoms with Crippen LogP contribution in [0.25, 0.3) is 33.4 Å². The van der Waals surface area contributed by atoms with Gasteiger partial charge < -0.3 is 0 Å². The highest BCUT2D eigenvalue weighted by Gasteiger charge is 2.15. The quantitative estimate of drug-likeness (QED) is 0.104. The first kappa shape index (κ1) is 29.8. The van der Waals surface area contributed by atoms with Crippen LogP contribution < -0.4 is 0 Å². The minimum atomic E-state index is -0.945. The molecule has 0 radical (unpaired) electrons. The van der Waals surface area contributed by atoms with Gasteiger partial charge in [0.1, 0.15) is 17.7 Å². The Bertz CT molecular complexity index is 1890. The number of halogens is 4. The lowest BCUT2D eigenvalue weighted by atomic mass is 9.99. The van der Waals surface area contributed by atoms with E-state index < -0.39 is 23.3 Å². The lowest BCUT2D eigenvalue weighted by molar-refractivity contribution is -0.117. The van der Waals surface area contributed by atoms with Gasteiger partial charge in [-0.25, -0.2) is 17.6 Å². The fraction of sp³-hybridized carbons (Fsp3) is 0.0294. The molecule has 5 aromatic rings. The molecule has 0 bridgehead atoms. The summed E-state index contributed by atoms with van der Waals surface area (Å²) in [5.74, 6) is -3.14. The number of nitriles is 1. The summed E-state index contributed by atoms with van der Waals surface area (Å²) >= 11 is 1.84. The Hall–Kier alpha value is -4.65. The molecule has 3 nitrogen and oxygen atoms in total. The number of benzene rings is 5. The summed E-state index contributed by atoms with van der Waals surface area (Å²) in [4.78, 5) is 26.2. The Labute approximate surface area is 253 Å². The van der Waals surface area contributed by atoms with Crippen LogP contribution in [-0.2, 0) is 9.59 Å². The van der Waals surface area contributed by atoms with E-state index in [2.05, 4.69) is 0 Å². The van der Waals surface area contributed by atoms with Gasteiger partial charge in [-0.2, -0.15) is 5.26 Å². The molecule has 0 saturated carbocycles. The molecule has 9 heteroatoms. The normalized spacial score (nSPS) is 10.8. The summed E-state index contributed by atoms with van der Waals surface area (Å²) in [6, 6.07) is 27.4. The highest BCUT2D eigenvalue weighted by atomic mass is 32.2. The molecule has 5 aromatic carbocycles. The first-order valence-electron chi connectivity index (χ1n) is 12.8. The lowest BCUT2D eigenvalue weighted by Gasteiger charge is -2.08. The smallest absolute Gasteiger partial charge is 0.201 e. The summed E-state index contributed by atoms with van der Waals surface area (Å²) in [7, 11) is 0. The summed E-state index contributed by atoms with van der Waals surface area (Å²) in [6.07, 6.45) is -0.301. The number of carbonyl (C=O) groups excluding carboxylic acids is 2. The Kier molecular flexibility index (Phi) is 9.10. The van der Waals surface area contributed by atoms with Gasteiger partial charge in [0.15, 0.2) is 11.6 Å². The molecule has 0 amide bonds. The third-order valence-electron chi connectivity index (χ3n) is 6.42. The van der Waals surface area contributed by atoms with E-state index >= 15 is 0 Å². The van der Waals surface area contributed by atoms with Gasteiger partial charge in [-0.15, -0.1) is 0 Å². The molecule has 0 atom stereocenters. The molecule has 0 unspecified atom stereocenters. The summed E-state index contributed by atoms with van der Waals surface area (Å²) in [5, 5.41) is 8.21. The van der Waals surface area contributed by atoms with Gasteiger partial charge in [0.2, 0.25) is 10.2 Å². The van der Waals surface area contributed by atoms with Crippen molar-refractivity contribution in [2.45, 2.75) is 16.2 Å². The molecular formula is C34H19F4NO2S2. The van der Waals surface area contributed by atoms with Crippen LogP contribution in [0.1, 0.15) is 12.0 Å². The lowest BCUT2D eigenvalue weighted by Crippen LogP contribution is -2.00. The topological polar surface area (TPSA) is 57.9 Å². The zero-order chi connectivity index (χ0) is 30.5. The van der Waals surface area contributed by atoms with Crippen molar-refractivity contribution in [3.63, 3.8) is 0 Å². The predicted octanol–water partition coefficient (Wildman–Crippen LogP) is 9.44. The van der Waals surface area contributed by atoms with E-state index in [-0.39, 0.29) is 27.8 Å². The van der Waals surface area contributed by atoms with E-state index in [4.69, 9.17) is 5.26 Å². The maximum absolute atomic E-state index is 14.9. The monoisotopic (exact) mass is 613 g/mol. The van der Waals surface area contributed by atoms with Crippen LogP contribution >= 0.6 is 23.5 Å². The maximum atomic E-state index is 14.9. The van der Waals surface area contributed by atoms with Crippen LogP contribution in [0.2, 0.25) is 0 Å². The van der Waals surface area contributed by atoms with Crippen molar-refractivity contribution in [1.29, 1.82) is 5.26 Å². The van der Waals surface area contributed by atoms with Gasteiger partial charge >= 0.3 is 0 Å². The predicted molar refractivity (Wildman–Crippen MR) is 160 cm³/mol. The SMILES string of the molecule is N#Cc1ccc(-c2ccc(-c3ccc(SC(=O)CC(=O)Sc4ccc(-c5ccc(F)c(F)c5)cc4)cc3)cc2F)cc1F. The van der Waals surface area contributed by atoms with Crippen molar-refractivity contribution < 1.29 is 27.2 Å². The zero-order valence-electron chi connectivity index (χ0n) is 22.1. The summed E-state index contributed by atoms with van der Waals surface area (Å²) in [5.41, 5.74) is 2.85. The second-order valence-electron chi connectivity index (χ2n) is 9.30. The minimum Gasteiger partial charge on any atom is -0.286 e. The molecule has 0 aromatic heterocycles. The minimum absolute atomic E-state index is 0.116. The largest absolute Gasteiger partial charge is 0.286 e. The van der Waals surface area contributed by atoms with Crippen molar-refractivity contribution in [3.8, 4) is 39.4 Å². The fourth-order valence-electron chi connectivity index (χ4n) is 4.26. The molecule has 0 aliphatic carbocycles. The molecule has 0 N–H and O–H groups in total. The first-order chi connectivity index (χ1) is 20.7. The summed E-state index contributed by atoms with van der Waals surface area (Å²) in [6.45, 7) is 0. The standard InChI is InChI=1S/C34H19F4NO2S2/c35-29-14-8-23(16-32(29)38)21-5-11-27(12-6-21)43-34(41)18-33(40)42-26-9-3-20(4-10-26)22-7-13-28(31(37)15-22)24-1-2-25(19-39)30(36)17-24/h1-17H,18H2. The highest BCUT2D eigenvalue weighted by molar-refractivity contribution is 8.15. The Morgan fingerprint density at radius 3 is 1.49 bits per heavy atom. The van der Waals surface area contributed by atoms with Crippen LogP contribution in [-0.4, -0.2) is 10.2 Å². The van der Waals surface area contributed by atoms with E-state index in [0.717, 1.165) is 41.7 Å². The number of carbonyl (C=O) groups is 2. The Morgan fingerprint density at radius 1 is 0.535 bits per heavy atom. The number of hydrogen-bond donors (Lipinski definition) is 0. The van der Waals surface area contributed by atoms with Gasteiger partial charge in [0.25, 0.3) is 0 Å². The maximum Gasteiger partial charge on any atom is 0.201 e. The molecule has 43 heavy (non-hydrogen) atoms. The fourth-order valence-corrected chi connectivity index (χ4v) is 5.83. The average molecular weight is 614 g/mol. The van der Waals surface area contributed by atoms with Crippen molar-refractivity contribution in [3.05, 3.63) is 132 Å². The summed E-state index contributed by atoms with van der Waals surface area (Å²) < 4.78 is 55.6. The first-order valence-corrected chi connectivity index (χ1v) is 14.4. The van der Waals surface area contributed by atoms with Crippen molar-refractivity contribution in [1.82, 2.24) is 0 Å². The Morgan fingerprint density at radius 2 is 1.00 bits per heavy atom. The van der Waals surface area contributed by atoms with Crippen LogP contribution in [0, 0.1) is 34.6 Å². The number of nitrogens with zero attached hydrogens (tertiary/aromatic N) is 1. The van der Waals surface area contributed by atoms with E-state index in [1.807, 2.05) is 0 Å². The highest BCUT2D eigenvalue weighted by Crippen LogP contribution is 2.32. The van der Waals surface area contributed by atoms with Crippen molar-refractivity contribution >= 4 is 33.8 Å². The number of rotatable bonds is 7. The zero-order valence-corrected chi connectivity index (χ0v) is 23.7. The van der Waals surface area contributed by atoms with Crippen LogP contribution in [0.3, 0.4) is 0 Å². The van der Waals surface area contributed by atoms with E-state index in [9.17, 15) is 27.2 Å². The van der Waals surface area contributed by atoms with Crippen LogP contribution in [0.15, 0.2) is 113 Å². The molecule has 5 rings (SSSR count). The van der Waals surface area contributed by atoms with Gasteiger partial charge in [0.05, 0.1) is 12.0 Å². The number of hydrogen-bond acceptors (Lipinski definition) is 5. The Balaban J connectivity index is 1.17. The molecular weight excluding hydrogens is 595 g/mol. The second kappa shape index (κ2) is 13.1. The van der Waals surface area contributed by atoms with Crippen LogP contribution in [0.4, 0.5) is 17.6 Å². The molecule has 0 heterocycles. The molecule has 0 fully saturated rings. The molecule has 212 valence electrons.